The number of benzene rings is 2. The molecule has 8 heteroatoms. The van der Waals surface area contributed by atoms with E-state index in [2.05, 4.69) is 13.2 Å². The zero-order valence-electron chi connectivity index (χ0n) is 17.9. The van der Waals surface area contributed by atoms with Gasteiger partial charge in [-0.2, -0.15) is 0 Å². The van der Waals surface area contributed by atoms with Gasteiger partial charge in [-0.1, -0.05) is 49.6 Å². The molecule has 2 aliphatic rings. The van der Waals surface area contributed by atoms with Crippen LogP contribution in [-0.4, -0.2) is 59.9 Å². The SMILES string of the molecule is C=C1c2ccccc2C(=O)N1CC(=O)OCCCOC(=O)CN1C(=C)c2ccccc2C1=O. The highest BCUT2D eigenvalue weighted by atomic mass is 16.5. The van der Waals surface area contributed by atoms with Crippen molar-refractivity contribution in [2.24, 2.45) is 0 Å². The first-order valence-corrected chi connectivity index (χ1v) is 10.4. The number of hydrogen-bond donors (Lipinski definition) is 0. The Bertz CT molecular complexity index is 1020. The molecule has 2 aliphatic heterocycles. The molecule has 2 heterocycles. The van der Waals surface area contributed by atoms with E-state index in [0.29, 0.717) is 33.6 Å². The normalized spacial score (nSPS) is 14.4. The van der Waals surface area contributed by atoms with Crippen molar-refractivity contribution in [1.82, 2.24) is 9.80 Å². The standard InChI is InChI=1S/C25H22N2O6/c1-16-18-8-3-5-10-20(18)24(30)26(16)14-22(28)32-12-7-13-33-23(29)15-27-17(2)19-9-4-6-11-21(19)25(27)31/h3-6,8-11H,1-2,7,12-15H2. The minimum absolute atomic E-state index is 0.0222. The molecule has 0 aliphatic carbocycles. The predicted molar refractivity (Wildman–Crippen MR) is 120 cm³/mol. The van der Waals surface area contributed by atoms with Crippen LogP contribution in [0.1, 0.15) is 38.3 Å². The number of fused-ring (bicyclic) bond motifs is 2. The number of hydrogen-bond acceptors (Lipinski definition) is 6. The summed E-state index contributed by atoms with van der Waals surface area (Å²) in [5, 5.41) is 0. The minimum atomic E-state index is -0.583. The summed E-state index contributed by atoms with van der Waals surface area (Å²) < 4.78 is 10.3. The molecule has 2 aromatic rings. The van der Waals surface area contributed by atoms with Crippen LogP contribution in [0.25, 0.3) is 11.4 Å². The van der Waals surface area contributed by atoms with Crippen molar-refractivity contribution in [1.29, 1.82) is 0 Å². The highest BCUT2D eigenvalue weighted by Gasteiger charge is 2.33. The molecule has 0 aromatic heterocycles. The average molecular weight is 446 g/mol. The van der Waals surface area contributed by atoms with Crippen molar-refractivity contribution in [3.8, 4) is 0 Å². The number of esters is 2. The molecular formula is C25H22N2O6. The van der Waals surface area contributed by atoms with E-state index < -0.39 is 11.9 Å². The molecule has 0 bridgehead atoms. The first kappa shape index (κ1) is 22.0. The number of carbonyl (C=O) groups is 4. The average Bonchev–Trinajstić information content (AvgIpc) is 3.20. The zero-order chi connectivity index (χ0) is 23.5. The molecule has 0 atom stereocenters. The summed E-state index contributed by atoms with van der Waals surface area (Å²) >= 11 is 0. The van der Waals surface area contributed by atoms with Crippen LogP contribution in [0, 0.1) is 0 Å². The van der Waals surface area contributed by atoms with Gasteiger partial charge in [0, 0.05) is 40.1 Å². The van der Waals surface area contributed by atoms with E-state index in [1.165, 1.54) is 9.80 Å². The summed E-state index contributed by atoms with van der Waals surface area (Å²) in [6, 6.07) is 14.0. The molecule has 0 N–H and O–H groups in total. The van der Waals surface area contributed by atoms with Crippen molar-refractivity contribution < 1.29 is 28.7 Å². The highest BCUT2D eigenvalue weighted by molar-refractivity contribution is 6.10. The van der Waals surface area contributed by atoms with E-state index in [-0.39, 0.29) is 44.5 Å². The van der Waals surface area contributed by atoms with Crippen LogP contribution < -0.4 is 0 Å². The molecule has 0 unspecified atom stereocenters. The summed E-state index contributed by atoms with van der Waals surface area (Å²) in [6.45, 7) is 7.32. The third-order valence-electron chi connectivity index (χ3n) is 5.47. The molecule has 0 fully saturated rings. The van der Waals surface area contributed by atoms with E-state index in [0.717, 1.165) is 0 Å². The van der Waals surface area contributed by atoms with E-state index in [1.807, 2.05) is 0 Å². The van der Waals surface area contributed by atoms with Crippen molar-refractivity contribution in [3.05, 3.63) is 83.9 Å². The Balaban J connectivity index is 1.16. The van der Waals surface area contributed by atoms with E-state index in [1.54, 1.807) is 48.5 Å². The quantitative estimate of drug-likeness (QED) is 0.457. The lowest BCUT2D eigenvalue weighted by atomic mass is 10.1. The second-order valence-corrected chi connectivity index (χ2v) is 7.56. The van der Waals surface area contributed by atoms with Gasteiger partial charge in [0.05, 0.1) is 13.2 Å². The fraction of sp³-hybridized carbons (Fsp3) is 0.200. The number of ether oxygens (including phenoxy) is 2. The molecule has 0 saturated heterocycles. The zero-order valence-corrected chi connectivity index (χ0v) is 17.9. The molecule has 0 radical (unpaired) electrons. The third-order valence-corrected chi connectivity index (χ3v) is 5.47. The molecule has 2 aromatic carbocycles. The second kappa shape index (κ2) is 9.12. The number of rotatable bonds is 8. The summed E-state index contributed by atoms with van der Waals surface area (Å²) in [5.74, 6) is -1.75. The van der Waals surface area contributed by atoms with Gasteiger partial charge in [0.2, 0.25) is 0 Å². The van der Waals surface area contributed by atoms with Crippen LogP contribution in [0.4, 0.5) is 0 Å². The summed E-state index contributed by atoms with van der Waals surface area (Å²) in [5.41, 5.74) is 3.33. The fourth-order valence-corrected chi connectivity index (χ4v) is 3.78. The molecule has 4 rings (SSSR count). The summed E-state index contributed by atoms with van der Waals surface area (Å²) in [7, 11) is 0. The minimum Gasteiger partial charge on any atom is -0.464 e. The Morgan fingerprint density at radius 2 is 1.03 bits per heavy atom. The van der Waals surface area contributed by atoms with Crippen LogP contribution in [0.15, 0.2) is 61.7 Å². The monoisotopic (exact) mass is 446 g/mol. The lowest BCUT2D eigenvalue weighted by Crippen LogP contribution is -2.31. The first-order valence-electron chi connectivity index (χ1n) is 10.4. The van der Waals surface area contributed by atoms with Gasteiger partial charge in [0.15, 0.2) is 0 Å². The van der Waals surface area contributed by atoms with Crippen molar-refractivity contribution in [2.45, 2.75) is 6.42 Å². The van der Waals surface area contributed by atoms with E-state index >= 15 is 0 Å². The topological polar surface area (TPSA) is 93.2 Å². The molecule has 0 saturated carbocycles. The molecule has 0 spiro atoms. The molecule has 8 nitrogen and oxygen atoms in total. The maximum Gasteiger partial charge on any atom is 0.326 e. The Labute approximate surface area is 190 Å². The maximum atomic E-state index is 12.4. The van der Waals surface area contributed by atoms with Gasteiger partial charge in [-0.25, -0.2) is 0 Å². The first-order chi connectivity index (χ1) is 15.9. The third kappa shape index (κ3) is 4.27. The van der Waals surface area contributed by atoms with Crippen LogP contribution in [0.3, 0.4) is 0 Å². The Morgan fingerprint density at radius 1 is 0.667 bits per heavy atom. The van der Waals surface area contributed by atoms with Crippen LogP contribution in [-0.2, 0) is 19.1 Å². The van der Waals surface area contributed by atoms with Crippen molar-refractivity contribution in [3.63, 3.8) is 0 Å². The van der Waals surface area contributed by atoms with Crippen LogP contribution in [0.2, 0.25) is 0 Å². The molecule has 168 valence electrons. The largest absolute Gasteiger partial charge is 0.464 e. The van der Waals surface area contributed by atoms with Gasteiger partial charge in [-0.15, -0.1) is 0 Å². The van der Waals surface area contributed by atoms with Gasteiger partial charge in [-0.05, 0) is 12.1 Å². The Kier molecular flexibility index (Phi) is 6.08. The lowest BCUT2D eigenvalue weighted by Gasteiger charge is -2.17. The van der Waals surface area contributed by atoms with Gasteiger partial charge >= 0.3 is 11.9 Å². The number of amides is 2. The van der Waals surface area contributed by atoms with Crippen molar-refractivity contribution in [2.75, 3.05) is 26.3 Å². The van der Waals surface area contributed by atoms with E-state index in [9.17, 15) is 19.2 Å². The molecule has 33 heavy (non-hydrogen) atoms. The number of nitrogens with zero attached hydrogens (tertiary/aromatic N) is 2. The van der Waals surface area contributed by atoms with Gasteiger partial charge in [0.25, 0.3) is 11.8 Å². The van der Waals surface area contributed by atoms with Crippen LogP contribution in [0.5, 0.6) is 0 Å². The number of carbonyl (C=O) groups excluding carboxylic acids is 4. The van der Waals surface area contributed by atoms with Crippen LogP contribution >= 0.6 is 0 Å². The van der Waals surface area contributed by atoms with Gasteiger partial charge in [-0.3, -0.25) is 29.0 Å². The smallest absolute Gasteiger partial charge is 0.326 e. The molecule has 2 amide bonds. The summed E-state index contributed by atoms with van der Waals surface area (Å²) in [6.07, 6.45) is 0.279. The van der Waals surface area contributed by atoms with E-state index in [4.69, 9.17) is 9.47 Å². The summed E-state index contributed by atoms with van der Waals surface area (Å²) in [4.78, 5) is 51.7. The lowest BCUT2D eigenvalue weighted by molar-refractivity contribution is -0.146. The van der Waals surface area contributed by atoms with Gasteiger partial charge < -0.3 is 9.47 Å². The highest BCUT2D eigenvalue weighted by Crippen LogP contribution is 2.31. The van der Waals surface area contributed by atoms with Crippen molar-refractivity contribution >= 4 is 35.1 Å². The Morgan fingerprint density at radius 3 is 1.39 bits per heavy atom. The predicted octanol–water partition coefficient (Wildman–Crippen LogP) is 2.72. The molecular weight excluding hydrogens is 424 g/mol. The second-order valence-electron chi connectivity index (χ2n) is 7.56. The van der Waals surface area contributed by atoms with Gasteiger partial charge in [0.1, 0.15) is 13.1 Å². The Hall–Kier alpha value is -4.20. The fourth-order valence-electron chi connectivity index (χ4n) is 3.78. The maximum absolute atomic E-state index is 12.4.